The lowest BCUT2D eigenvalue weighted by Gasteiger charge is -2.12. The van der Waals surface area contributed by atoms with Gasteiger partial charge in [-0.05, 0) is 37.1 Å². The molecule has 0 radical (unpaired) electrons. The topological polar surface area (TPSA) is 38.3 Å². The van der Waals surface area contributed by atoms with Crippen LogP contribution in [0.15, 0.2) is 36.4 Å². The van der Waals surface area contributed by atoms with E-state index in [9.17, 15) is 4.79 Å². The van der Waals surface area contributed by atoms with E-state index in [4.69, 9.17) is 27.9 Å². The van der Waals surface area contributed by atoms with Gasteiger partial charge in [-0.1, -0.05) is 61.2 Å². The lowest BCUT2D eigenvalue weighted by Crippen LogP contribution is -2.13. The van der Waals surface area contributed by atoms with Gasteiger partial charge < -0.3 is 10.1 Å². The third kappa shape index (κ3) is 4.89. The molecule has 128 valence electrons. The highest BCUT2D eigenvalue weighted by atomic mass is 35.5. The minimum atomic E-state index is -0.259. The van der Waals surface area contributed by atoms with Crippen LogP contribution in [-0.2, 0) is 0 Å². The van der Waals surface area contributed by atoms with Gasteiger partial charge in [-0.2, -0.15) is 0 Å². The smallest absolute Gasteiger partial charge is 0.255 e. The number of ether oxygens (including phenoxy) is 1. The number of carbonyl (C=O) groups excluding carboxylic acids is 1. The van der Waals surface area contributed by atoms with Crippen molar-refractivity contribution < 1.29 is 9.53 Å². The van der Waals surface area contributed by atoms with Gasteiger partial charge in [-0.25, -0.2) is 0 Å². The van der Waals surface area contributed by atoms with E-state index in [1.165, 1.54) is 0 Å². The Labute approximate surface area is 152 Å². The van der Waals surface area contributed by atoms with Crippen LogP contribution < -0.4 is 10.1 Å². The van der Waals surface area contributed by atoms with Crippen LogP contribution in [0.3, 0.4) is 0 Å². The van der Waals surface area contributed by atoms with Gasteiger partial charge in [0.05, 0.1) is 16.7 Å². The highest BCUT2D eigenvalue weighted by Crippen LogP contribution is 2.34. The van der Waals surface area contributed by atoms with Crippen molar-refractivity contribution in [2.45, 2.75) is 33.1 Å². The van der Waals surface area contributed by atoms with E-state index in [2.05, 4.69) is 12.2 Å². The summed E-state index contributed by atoms with van der Waals surface area (Å²) in [5, 5.41) is 3.55. The molecule has 0 unspecified atom stereocenters. The van der Waals surface area contributed by atoms with Crippen molar-refractivity contribution in [1.82, 2.24) is 0 Å². The van der Waals surface area contributed by atoms with Crippen LogP contribution in [0.1, 0.15) is 42.1 Å². The van der Waals surface area contributed by atoms with Gasteiger partial charge in [-0.15, -0.1) is 0 Å². The Morgan fingerprint density at radius 2 is 1.79 bits per heavy atom. The molecular weight excluding hydrogens is 345 g/mol. The summed E-state index contributed by atoms with van der Waals surface area (Å²) >= 11 is 12.5. The fraction of sp³-hybridized carbons (Fsp3) is 0.316. The molecule has 0 heterocycles. The van der Waals surface area contributed by atoms with Crippen molar-refractivity contribution in [3.63, 3.8) is 0 Å². The predicted octanol–water partition coefficient (Wildman–Crippen LogP) is 6.12. The summed E-state index contributed by atoms with van der Waals surface area (Å²) in [5.74, 6) is 0.174. The summed E-state index contributed by atoms with van der Waals surface area (Å²) < 4.78 is 5.65. The van der Waals surface area contributed by atoms with Gasteiger partial charge in [0.2, 0.25) is 0 Å². The van der Waals surface area contributed by atoms with Crippen LogP contribution in [0.5, 0.6) is 5.75 Å². The average molecular weight is 366 g/mol. The summed E-state index contributed by atoms with van der Waals surface area (Å²) in [6.07, 6.45) is 3.15. The van der Waals surface area contributed by atoms with Gasteiger partial charge >= 0.3 is 0 Å². The first-order valence-electron chi connectivity index (χ1n) is 8.01. The van der Waals surface area contributed by atoms with E-state index in [0.29, 0.717) is 28.0 Å². The molecule has 0 fully saturated rings. The van der Waals surface area contributed by atoms with Crippen molar-refractivity contribution in [3.8, 4) is 5.75 Å². The third-order valence-corrected chi connectivity index (χ3v) is 4.21. The number of carbonyl (C=O) groups is 1. The number of amides is 1. The number of hydrogen-bond acceptors (Lipinski definition) is 2. The number of hydrogen-bond donors (Lipinski definition) is 1. The lowest BCUT2D eigenvalue weighted by atomic mass is 10.1. The largest absolute Gasteiger partial charge is 0.490 e. The molecule has 0 saturated heterocycles. The van der Waals surface area contributed by atoms with E-state index in [-0.39, 0.29) is 5.91 Å². The number of nitrogens with one attached hydrogen (secondary N) is 1. The number of unbranched alkanes of at least 4 members (excludes halogenated alkanes) is 2. The molecule has 24 heavy (non-hydrogen) atoms. The van der Waals surface area contributed by atoms with E-state index in [1.54, 1.807) is 12.1 Å². The number of benzene rings is 2. The maximum Gasteiger partial charge on any atom is 0.255 e. The van der Waals surface area contributed by atoms with Gasteiger partial charge in [0.25, 0.3) is 5.91 Å². The first-order chi connectivity index (χ1) is 11.5. The van der Waals surface area contributed by atoms with Crippen molar-refractivity contribution >= 4 is 34.8 Å². The molecule has 0 aliphatic heterocycles. The first kappa shape index (κ1) is 18.6. The van der Waals surface area contributed by atoms with Crippen LogP contribution in [0.25, 0.3) is 0 Å². The molecule has 2 aromatic carbocycles. The van der Waals surface area contributed by atoms with Crippen LogP contribution >= 0.6 is 23.2 Å². The van der Waals surface area contributed by atoms with Crippen molar-refractivity contribution in [1.29, 1.82) is 0 Å². The zero-order chi connectivity index (χ0) is 17.5. The number of aryl methyl sites for hydroxylation is 1. The Bertz CT molecular complexity index is 693. The molecule has 1 N–H and O–H groups in total. The number of rotatable bonds is 7. The Morgan fingerprint density at radius 1 is 1.12 bits per heavy atom. The summed E-state index contributed by atoms with van der Waals surface area (Å²) in [6.45, 7) is 4.62. The summed E-state index contributed by atoms with van der Waals surface area (Å²) in [4.78, 5) is 12.4. The van der Waals surface area contributed by atoms with Crippen molar-refractivity contribution in [3.05, 3.63) is 57.6 Å². The quantitative estimate of drug-likeness (QED) is 0.599. The predicted molar refractivity (Wildman–Crippen MR) is 101 cm³/mol. The minimum Gasteiger partial charge on any atom is -0.490 e. The van der Waals surface area contributed by atoms with E-state index >= 15 is 0 Å². The van der Waals surface area contributed by atoms with Crippen LogP contribution in [0, 0.1) is 6.92 Å². The van der Waals surface area contributed by atoms with Gasteiger partial charge in [0, 0.05) is 11.3 Å². The fourth-order valence-corrected chi connectivity index (χ4v) is 2.86. The molecule has 0 saturated carbocycles. The molecule has 1 amide bonds. The molecule has 0 bridgehead atoms. The highest BCUT2D eigenvalue weighted by molar-refractivity contribution is 6.37. The Morgan fingerprint density at radius 3 is 2.42 bits per heavy atom. The third-order valence-electron chi connectivity index (χ3n) is 3.65. The second-order valence-electron chi connectivity index (χ2n) is 5.59. The molecule has 0 atom stereocenters. The molecule has 5 heteroatoms. The first-order valence-corrected chi connectivity index (χ1v) is 8.77. The van der Waals surface area contributed by atoms with Crippen LogP contribution in [-0.4, -0.2) is 12.5 Å². The van der Waals surface area contributed by atoms with Gasteiger partial charge in [0.1, 0.15) is 0 Å². The summed E-state index contributed by atoms with van der Waals surface area (Å²) in [5.41, 5.74) is 2.14. The van der Waals surface area contributed by atoms with E-state index in [1.807, 2.05) is 31.2 Å². The number of para-hydroxylation sites is 1. The molecule has 0 spiro atoms. The maximum atomic E-state index is 12.4. The molecule has 3 nitrogen and oxygen atoms in total. The zero-order valence-electron chi connectivity index (χ0n) is 13.9. The standard InChI is InChI=1S/C19H21Cl2NO2/c1-3-4-7-10-24-18-15(20)11-14(12-16(18)21)19(23)22-17-9-6-5-8-13(17)2/h5-6,8-9,11-12H,3-4,7,10H2,1-2H3,(H,22,23). The average Bonchev–Trinajstić information content (AvgIpc) is 2.55. The zero-order valence-corrected chi connectivity index (χ0v) is 15.4. The van der Waals surface area contributed by atoms with Crippen molar-refractivity contribution in [2.75, 3.05) is 11.9 Å². The van der Waals surface area contributed by atoms with Crippen LogP contribution in [0.2, 0.25) is 10.0 Å². The van der Waals surface area contributed by atoms with Crippen LogP contribution in [0.4, 0.5) is 5.69 Å². The number of anilines is 1. The van der Waals surface area contributed by atoms with Crippen molar-refractivity contribution in [2.24, 2.45) is 0 Å². The molecule has 0 aliphatic carbocycles. The second kappa shape index (κ2) is 8.95. The SMILES string of the molecule is CCCCCOc1c(Cl)cc(C(=O)Nc2ccccc2C)cc1Cl. The Balaban J connectivity index is 2.11. The Kier molecular flexibility index (Phi) is 6.95. The lowest BCUT2D eigenvalue weighted by molar-refractivity contribution is 0.102. The summed E-state index contributed by atoms with van der Waals surface area (Å²) in [7, 11) is 0. The Hall–Kier alpha value is -1.71. The molecule has 2 aromatic rings. The molecule has 0 aromatic heterocycles. The normalized spacial score (nSPS) is 10.5. The molecule has 2 rings (SSSR count). The monoisotopic (exact) mass is 365 g/mol. The molecular formula is C19H21Cl2NO2. The van der Waals surface area contributed by atoms with Gasteiger partial charge in [-0.3, -0.25) is 4.79 Å². The highest BCUT2D eigenvalue weighted by Gasteiger charge is 2.15. The number of halogens is 2. The van der Waals surface area contributed by atoms with E-state index < -0.39 is 0 Å². The molecule has 0 aliphatic rings. The summed E-state index contributed by atoms with van der Waals surface area (Å²) in [6, 6.07) is 10.7. The fourth-order valence-electron chi connectivity index (χ4n) is 2.26. The van der Waals surface area contributed by atoms with Gasteiger partial charge in [0.15, 0.2) is 5.75 Å². The maximum absolute atomic E-state index is 12.4. The minimum absolute atomic E-state index is 0.259. The second-order valence-corrected chi connectivity index (χ2v) is 6.41. The van der Waals surface area contributed by atoms with E-state index in [0.717, 1.165) is 30.5 Å².